The highest BCUT2D eigenvalue weighted by Gasteiger charge is 2.50. The topological polar surface area (TPSA) is 18.5 Å². The Morgan fingerprint density at radius 1 is 1.00 bits per heavy atom. The van der Waals surface area contributed by atoms with E-state index in [1.807, 2.05) is 30.3 Å². The summed E-state index contributed by atoms with van der Waals surface area (Å²) < 4.78 is 12.1. The molecule has 0 saturated carbocycles. The van der Waals surface area contributed by atoms with Crippen LogP contribution >= 0.6 is 0 Å². The van der Waals surface area contributed by atoms with E-state index >= 15 is 0 Å². The number of para-hydroxylation sites is 2. The zero-order valence-corrected chi connectivity index (χ0v) is 10.2. The van der Waals surface area contributed by atoms with Crippen molar-refractivity contribution in [3.63, 3.8) is 0 Å². The van der Waals surface area contributed by atoms with E-state index in [4.69, 9.17) is 9.47 Å². The number of hydrogen-bond donors (Lipinski definition) is 0. The normalized spacial score (nSPS) is 27.5. The van der Waals surface area contributed by atoms with Crippen LogP contribution in [0, 0.1) is 0 Å². The number of hydrogen-bond acceptors (Lipinski definition) is 2. The Morgan fingerprint density at radius 3 is 2.61 bits per heavy atom. The maximum atomic E-state index is 6.24. The first-order valence-corrected chi connectivity index (χ1v) is 6.29. The monoisotopic (exact) mass is 238 g/mol. The Kier molecular flexibility index (Phi) is 1.83. The van der Waals surface area contributed by atoms with E-state index in [9.17, 15) is 0 Å². The second-order valence-electron chi connectivity index (χ2n) is 5.11. The van der Waals surface area contributed by atoms with Crippen molar-refractivity contribution in [1.29, 1.82) is 0 Å². The van der Waals surface area contributed by atoms with Gasteiger partial charge in [-0.25, -0.2) is 0 Å². The second-order valence-corrected chi connectivity index (χ2v) is 5.11. The summed E-state index contributed by atoms with van der Waals surface area (Å²) in [5.41, 5.74) is 2.12. The lowest BCUT2D eigenvalue weighted by atomic mass is 9.79. The van der Waals surface area contributed by atoms with E-state index in [-0.39, 0.29) is 11.5 Å². The number of ether oxygens (including phenoxy) is 2. The van der Waals surface area contributed by atoms with Crippen LogP contribution in [0.4, 0.5) is 0 Å². The lowest BCUT2D eigenvalue weighted by Gasteiger charge is -2.36. The molecule has 0 spiro atoms. The van der Waals surface area contributed by atoms with Crippen molar-refractivity contribution in [2.24, 2.45) is 0 Å². The second kappa shape index (κ2) is 3.29. The molecule has 2 nitrogen and oxygen atoms in total. The van der Waals surface area contributed by atoms with Gasteiger partial charge in [0.25, 0.3) is 0 Å². The van der Waals surface area contributed by atoms with Crippen LogP contribution in [0.25, 0.3) is 0 Å². The standard InChI is InChI=1S/C16H14O2/c1-16-12-7-3-5-9-15(12)17-10-13(16)11-6-2-4-8-14(11)18-16/h2-9,13H,10H2,1H3/t13-,16-/m0/s1. The molecule has 0 N–H and O–H groups in total. The minimum atomic E-state index is -0.293. The lowest BCUT2D eigenvalue weighted by Crippen LogP contribution is -2.38. The molecule has 18 heavy (non-hydrogen) atoms. The molecule has 0 fully saturated rings. The van der Waals surface area contributed by atoms with Gasteiger partial charge in [-0.05, 0) is 19.1 Å². The molecule has 2 aliphatic rings. The minimum Gasteiger partial charge on any atom is -0.492 e. The fraction of sp³-hybridized carbons (Fsp3) is 0.250. The minimum absolute atomic E-state index is 0.281. The smallest absolute Gasteiger partial charge is 0.145 e. The molecule has 0 unspecified atom stereocenters. The average molecular weight is 238 g/mol. The third-order valence-electron chi connectivity index (χ3n) is 4.11. The molecule has 2 aromatic rings. The summed E-state index contributed by atoms with van der Waals surface area (Å²) in [6.45, 7) is 2.85. The summed E-state index contributed by atoms with van der Waals surface area (Å²) in [5, 5.41) is 0. The predicted molar refractivity (Wildman–Crippen MR) is 69.1 cm³/mol. The Labute approximate surface area is 106 Å². The highest BCUT2D eigenvalue weighted by Crippen LogP contribution is 2.54. The van der Waals surface area contributed by atoms with Gasteiger partial charge >= 0.3 is 0 Å². The van der Waals surface area contributed by atoms with E-state index in [1.54, 1.807) is 0 Å². The van der Waals surface area contributed by atoms with Gasteiger partial charge in [0.05, 0.1) is 12.5 Å². The van der Waals surface area contributed by atoms with Gasteiger partial charge in [-0.15, -0.1) is 0 Å². The molecule has 2 heteroatoms. The molecule has 4 rings (SSSR count). The van der Waals surface area contributed by atoms with Gasteiger partial charge in [-0.2, -0.15) is 0 Å². The molecule has 2 atom stereocenters. The Morgan fingerprint density at radius 2 is 1.72 bits per heavy atom. The highest BCUT2D eigenvalue weighted by atomic mass is 16.5. The van der Waals surface area contributed by atoms with Gasteiger partial charge in [0.1, 0.15) is 17.1 Å². The van der Waals surface area contributed by atoms with Crippen LogP contribution in [0.15, 0.2) is 48.5 Å². The SMILES string of the molecule is C[C@@]12Oc3ccccc3[C@@H]1COc1ccccc12. The molecule has 0 aromatic heterocycles. The van der Waals surface area contributed by atoms with E-state index in [1.165, 1.54) is 5.56 Å². The Balaban J connectivity index is 1.93. The first-order valence-electron chi connectivity index (χ1n) is 6.29. The fourth-order valence-corrected chi connectivity index (χ4v) is 3.12. The van der Waals surface area contributed by atoms with Gasteiger partial charge in [0.2, 0.25) is 0 Å². The molecule has 0 aliphatic carbocycles. The van der Waals surface area contributed by atoms with Crippen molar-refractivity contribution in [3.05, 3.63) is 59.7 Å². The maximum absolute atomic E-state index is 6.24. The molecule has 0 amide bonds. The van der Waals surface area contributed by atoms with Crippen LogP contribution in [0.5, 0.6) is 11.5 Å². The zero-order chi connectivity index (χ0) is 12.2. The summed E-state index contributed by atoms with van der Waals surface area (Å²) in [6, 6.07) is 16.4. The lowest BCUT2D eigenvalue weighted by molar-refractivity contribution is 0.0435. The molecule has 0 saturated heterocycles. The third-order valence-corrected chi connectivity index (χ3v) is 4.11. The number of rotatable bonds is 0. The first kappa shape index (κ1) is 10.0. The fourth-order valence-electron chi connectivity index (χ4n) is 3.12. The van der Waals surface area contributed by atoms with E-state index in [2.05, 4.69) is 25.1 Å². The van der Waals surface area contributed by atoms with Crippen LogP contribution < -0.4 is 9.47 Å². The molecule has 90 valence electrons. The molecule has 2 aromatic carbocycles. The average Bonchev–Trinajstić information content (AvgIpc) is 2.71. The summed E-state index contributed by atoms with van der Waals surface area (Å²) in [6.07, 6.45) is 0. The van der Waals surface area contributed by atoms with Gasteiger partial charge in [0.15, 0.2) is 0 Å². The summed E-state index contributed by atoms with van der Waals surface area (Å²) in [7, 11) is 0. The van der Waals surface area contributed by atoms with E-state index < -0.39 is 0 Å². The van der Waals surface area contributed by atoms with Crippen molar-refractivity contribution in [2.45, 2.75) is 18.4 Å². The zero-order valence-electron chi connectivity index (χ0n) is 10.2. The van der Waals surface area contributed by atoms with Crippen LogP contribution in [0.2, 0.25) is 0 Å². The highest BCUT2D eigenvalue weighted by molar-refractivity contribution is 5.51. The largest absolute Gasteiger partial charge is 0.492 e. The third kappa shape index (κ3) is 1.13. The van der Waals surface area contributed by atoms with Crippen molar-refractivity contribution in [3.8, 4) is 11.5 Å². The number of fused-ring (bicyclic) bond motifs is 5. The molecule has 0 radical (unpaired) electrons. The van der Waals surface area contributed by atoms with Gasteiger partial charge < -0.3 is 9.47 Å². The molecule has 2 heterocycles. The van der Waals surface area contributed by atoms with Crippen LogP contribution in [-0.2, 0) is 5.60 Å². The Bertz CT molecular complexity index is 620. The van der Waals surface area contributed by atoms with Gasteiger partial charge in [0, 0.05) is 11.1 Å². The summed E-state index contributed by atoms with van der Waals surface area (Å²) in [4.78, 5) is 0. The van der Waals surface area contributed by atoms with Crippen LogP contribution in [0.1, 0.15) is 24.0 Å². The molecule has 0 bridgehead atoms. The van der Waals surface area contributed by atoms with E-state index in [0.717, 1.165) is 17.1 Å². The molecule has 2 aliphatic heterocycles. The van der Waals surface area contributed by atoms with Crippen molar-refractivity contribution in [1.82, 2.24) is 0 Å². The molecular weight excluding hydrogens is 224 g/mol. The van der Waals surface area contributed by atoms with Gasteiger partial charge in [-0.3, -0.25) is 0 Å². The molecular formula is C16H14O2. The van der Waals surface area contributed by atoms with Gasteiger partial charge in [-0.1, -0.05) is 36.4 Å². The van der Waals surface area contributed by atoms with Crippen molar-refractivity contribution < 1.29 is 9.47 Å². The van der Waals surface area contributed by atoms with Crippen molar-refractivity contribution >= 4 is 0 Å². The number of benzene rings is 2. The van der Waals surface area contributed by atoms with Crippen molar-refractivity contribution in [2.75, 3.05) is 6.61 Å². The van der Waals surface area contributed by atoms with Crippen LogP contribution in [0.3, 0.4) is 0 Å². The quantitative estimate of drug-likeness (QED) is 0.699. The maximum Gasteiger partial charge on any atom is 0.145 e. The van der Waals surface area contributed by atoms with Crippen LogP contribution in [-0.4, -0.2) is 6.61 Å². The Hall–Kier alpha value is -1.96. The summed E-state index contributed by atoms with van der Waals surface area (Å²) in [5.74, 6) is 2.22. The predicted octanol–water partition coefficient (Wildman–Crippen LogP) is 3.47. The summed E-state index contributed by atoms with van der Waals surface area (Å²) >= 11 is 0. The van der Waals surface area contributed by atoms with E-state index in [0.29, 0.717) is 6.61 Å². The first-order chi connectivity index (χ1) is 8.79.